The minimum atomic E-state index is 1.25. The minimum Gasteiger partial charge on any atom is -0.0810 e. The van der Waals surface area contributed by atoms with Crippen molar-refractivity contribution in [2.24, 2.45) is 0 Å². The Morgan fingerprint density at radius 2 is 1.82 bits per heavy atom. The molecule has 0 aromatic heterocycles. The molecule has 0 nitrogen and oxygen atoms in total. The maximum Gasteiger partial charge on any atom is -0.0254 e. The van der Waals surface area contributed by atoms with Crippen molar-refractivity contribution in [3.8, 4) is 0 Å². The summed E-state index contributed by atoms with van der Waals surface area (Å²) in [6.45, 7) is 2.26. The van der Waals surface area contributed by atoms with Crippen LogP contribution in [-0.4, -0.2) is 0 Å². The minimum absolute atomic E-state index is 1.25. The van der Waals surface area contributed by atoms with Crippen LogP contribution in [0.1, 0.15) is 51.0 Å². The van der Waals surface area contributed by atoms with Crippen LogP contribution in [0.3, 0.4) is 0 Å². The van der Waals surface area contributed by atoms with Crippen LogP contribution < -0.4 is 0 Å². The molecule has 0 heteroatoms. The maximum atomic E-state index is 2.46. The molecule has 1 aromatic rings. The summed E-state index contributed by atoms with van der Waals surface area (Å²) in [5, 5.41) is 0. The highest BCUT2D eigenvalue weighted by molar-refractivity contribution is 5.59. The van der Waals surface area contributed by atoms with Crippen LogP contribution in [0.4, 0.5) is 0 Å². The molecule has 1 fully saturated rings. The van der Waals surface area contributed by atoms with E-state index in [-0.39, 0.29) is 0 Å². The largest absolute Gasteiger partial charge is 0.0810 e. The molecule has 0 unspecified atom stereocenters. The molecule has 17 heavy (non-hydrogen) atoms. The van der Waals surface area contributed by atoms with E-state index in [0.717, 1.165) is 0 Å². The second-order valence-electron chi connectivity index (χ2n) is 4.81. The molecule has 0 amide bonds. The van der Waals surface area contributed by atoms with E-state index < -0.39 is 0 Å². The van der Waals surface area contributed by atoms with Crippen LogP contribution in [-0.2, 0) is 0 Å². The van der Waals surface area contributed by atoms with Crippen LogP contribution in [0.2, 0.25) is 0 Å². The Hall–Kier alpha value is -1.30. The van der Waals surface area contributed by atoms with E-state index in [0.29, 0.717) is 0 Å². The van der Waals surface area contributed by atoms with Crippen LogP contribution in [0.15, 0.2) is 47.6 Å². The van der Waals surface area contributed by atoms with E-state index in [4.69, 9.17) is 0 Å². The molecule has 1 aromatic carbocycles. The Balaban J connectivity index is 2.09. The van der Waals surface area contributed by atoms with Crippen molar-refractivity contribution in [3.05, 3.63) is 53.1 Å². The lowest BCUT2D eigenvalue weighted by molar-refractivity contribution is 0.809. The molecule has 2 rings (SSSR count). The first-order chi connectivity index (χ1) is 8.40. The summed E-state index contributed by atoms with van der Waals surface area (Å²) < 4.78 is 0. The van der Waals surface area contributed by atoms with Crippen molar-refractivity contribution in [3.63, 3.8) is 0 Å². The van der Waals surface area contributed by atoms with Crippen LogP contribution in [0, 0.1) is 0 Å². The van der Waals surface area contributed by atoms with E-state index in [1.54, 1.807) is 11.1 Å². The third kappa shape index (κ3) is 3.59. The molecule has 0 atom stereocenters. The number of rotatable bonds is 4. The first-order valence-corrected chi connectivity index (χ1v) is 6.85. The van der Waals surface area contributed by atoms with E-state index in [1.807, 2.05) is 0 Å². The van der Waals surface area contributed by atoms with Gasteiger partial charge in [-0.3, -0.25) is 0 Å². The normalized spacial score (nSPS) is 20.3. The molecule has 0 bridgehead atoms. The predicted molar refractivity (Wildman–Crippen MR) is 75.9 cm³/mol. The number of hydrogen-bond donors (Lipinski definition) is 0. The van der Waals surface area contributed by atoms with Gasteiger partial charge in [0.15, 0.2) is 0 Å². The van der Waals surface area contributed by atoms with Crippen LogP contribution in [0.25, 0.3) is 6.08 Å². The number of benzene rings is 1. The second-order valence-corrected chi connectivity index (χ2v) is 4.81. The zero-order valence-electron chi connectivity index (χ0n) is 10.8. The van der Waals surface area contributed by atoms with Gasteiger partial charge in [-0.15, -0.1) is 0 Å². The van der Waals surface area contributed by atoms with Crippen molar-refractivity contribution >= 4 is 6.08 Å². The maximum absolute atomic E-state index is 2.46. The number of hydrogen-bond acceptors (Lipinski definition) is 0. The smallest absolute Gasteiger partial charge is 0.0254 e. The van der Waals surface area contributed by atoms with Gasteiger partial charge in [0, 0.05) is 0 Å². The van der Waals surface area contributed by atoms with E-state index in [1.165, 1.54) is 44.1 Å². The van der Waals surface area contributed by atoms with Crippen molar-refractivity contribution in [1.82, 2.24) is 0 Å². The summed E-state index contributed by atoms with van der Waals surface area (Å²) in [4.78, 5) is 0. The van der Waals surface area contributed by atoms with Gasteiger partial charge in [0.25, 0.3) is 0 Å². The van der Waals surface area contributed by atoms with Gasteiger partial charge < -0.3 is 0 Å². The molecule has 0 radical (unpaired) electrons. The molecule has 1 aliphatic carbocycles. The van der Waals surface area contributed by atoms with Crippen LogP contribution >= 0.6 is 0 Å². The van der Waals surface area contributed by atoms with Gasteiger partial charge in [0.05, 0.1) is 0 Å². The van der Waals surface area contributed by atoms with E-state index in [2.05, 4.69) is 49.4 Å². The van der Waals surface area contributed by atoms with Crippen molar-refractivity contribution in [1.29, 1.82) is 0 Å². The van der Waals surface area contributed by atoms with Gasteiger partial charge in [-0.25, -0.2) is 0 Å². The van der Waals surface area contributed by atoms with Gasteiger partial charge in [0.2, 0.25) is 0 Å². The average Bonchev–Trinajstić information content (AvgIpc) is 2.79. The highest BCUT2D eigenvalue weighted by Gasteiger charge is 2.12. The number of unbranched alkanes of at least 4 members (excludes halogenated alkanes) is 2. The van der Waals surface area contributed by atoms with Crippen LogP contribution in [0.5, 0.6) is 0 Å². The summed E-state index contributed by atoms with van der Waals surface area (Å²) in [7, 11) is 0. The van der Waals surface area contributed by atoms with E-state index >= 15 is 0 Å². The Morgan fingerprint density at radius 1 is 1.06 bits per heavy atom. The third-order valence-electron chi connectivity index (χ3n) is 3.39. The predicted octanol–water partition coefficient (Wildman–Crippen LogP) is 5.37. The van der Waals surface area contributed by atoms with Crippen molar-refractivity contribution < 1.29 is 0 Å². The molecule has 1 saturated carbocycles. The zero-order chi connectivity index (χ0) is 11.9. The van der Waals surface area contributed by atoms with Crippen molar-refractivity contribution in [2.45, 2.75) is 45.4 Å². The quantitative estimate of drug-likeness (QED) is 0.605. The molecule has 0 aliphatic heterocycles. The SMILES string of the molecule is CCCCC=C1CCCC1=Cc1ccccc1. The molecule has 90 valence electrons. The summed E-state index contributed by atoms with van der Waals surface area (Å²) in [5.41, 5.74) is 4.50. The fourth-order valence-corrected chi connectivity index (χ4v) is 2.42. The zero-order valence-corrected chi connectivity index (χ0v) is 10.8. The third-order valence-corrected chi connectivity index (χ3v) is 3.39. The monoisotopic (exact) mass is 226 g/mol. The number of allylic oxidation sites excluding steroid dienone is 3. The molecule has 0 heterocycles. The lowest BCUT2D eigenvalue weighted by Crippen LogP contribution is -1.81. The second kappa shape index (κ2) is 6.44. The fourth-order valence-electron chi connectivity index (χ4n) is 2.42. The lowest BCUT2D eigenvalue weighted by atomic mass is 10.0. The van der Waals surface area contributed by atoms with Gasteiger partial charge in [-0.1, -0.05) is 62.2 Å². The Morgan fingerprint density at radius 3 is 2.59 bits per heavy atom. The molecular weight excluding hydrogens is 204 g/mol. The molecule has 0 spiro atoms. The highest BCUT2D eigenvalue weighted by Crippen LogP contribution is 2.32. The molecule has 0 saturated heterocycles. The van der Waals surface area contributed by atoms with Crippen molar-refractivity contribution in [2.75, 3.05) is 0 Å². The molecular formula is C17H22. The Labute approximate surface area is 105 Å². The first kappa shape index (κ1) is 12.2. The topological polar surface area (TPSA) is 0 Å². The first-order valence-electron chi connectivity index (χ1n) is 6.85. The van der Waals surface area contributed by atoms with Gasteiger partial charge >= 0.3 is 0 Å². The molecule has 1 aliphatic rings. The summed E-state index contributed by atoms with van der Waals surface area (Å²) in [6, 6.07) is 10.7. The van der Waals surface area contributed by atoms with Gasteiger partial charge in [-0.2, -0.15) is 0 Å². The molecule has 0 N–H and O–H groups in total. The van der Waals surface area contributed by atoms with E-state index in [9.17, 15) is 0 Å². The fraction of sp³-hybridized carbons (Fsp3) is 0.412. The summed E-state index contributed by atoms with van der Waals surface area (Å²) in [6.07, 6.45) is 12.6. The Kier molecular flexibility index (Phi) is 4.61. The summed E-state index contributed by atoms with van der Waals surface area (Å²) >= 11 is 0. The van der Waals surface area contributed by atoms with Gasteiger partial charge in [-0.05, 0) is 42.4 Å². The van der Waals surface area contributed by atoms with Gasteiger partial charge in [0.1, 0.15) is 0 Å². The standard InChI is InChI=1S/C17H22/c1-2-3-5-11-16-12-8-13-17(16)14-15-9-6-4-7-10-15/h4,6-7,9-11,14H,2-3,5,8,12-13H2,1H3. The Bertz CT molecular complexity index is 395. The lowest BCUT2D eigenvalue weighted by Gasteiger charge is -2.02. The average molecular weight is 226 g/mol. The summed E-state index contributed by atoms with van der Waals surface area (Å²) in [5.74, 6) is 0. The highest BCUT2D eigenvalue weighted by atomic mass is 14.2.